The SMILES string of the molecule is CCOc1cc(C)c(O[C@H]2CC[C@@](C)(C(=O)OCc3cccc4ccccc34)CC2)cc1C(=O)O. The van der Waals surface area contributed by atoms with E-state index in [2.05, 4.69) is 12.1 Å². The Hall–Kier alpha value is -3.54. The van der Waals surface area contributed by atoms with Gasteiger partial charge in [-0.05, 0) is 80.5 Å². The van der Waals surface area contributed by atoms with Gasteiger partial charge in [0.2, 0.25) is 0 Å². The molecule has 1 saturated carbocycles. The van der Waals surface area contributed by atoms with Gasteiger partial charge in [0.05, 0.1) is 18.1 Å². The van der Waals surface area contributed by atoms with Crippen molar-refractivity contribution in [2.45, 2.75) is 59.2 Å². The van der Waals surface area contributed by atoms with E-state index in [0.717, 1.165) is 21.9 Å². The van der Waals surface area contributed by atoms with Crippen LogP contribution in [0.15, 0.2) is 54.6 Å². The van der Waals surface area contributed by atoms with Crippen molar-refractivity contribution in [1.29, 1.82) is 0 Å². The maximum absolute atomic E-state index is 13.0. The van der Waals surface area contributed by atoms with E-state index in [1.807, 2.05) is 51.1 Å². The average Bonchev–Trinajstić information content (AvgIpc) is 2.85. The number of carbonyl (C=O) groups excluding carboxylic acids is 1. The van der Waals surface area contributed by atoms with E-state index in [9.17, 15) is 14.7 Å². The fourth-order valence-corrected chi connectivity index (χ4v) is 4.70. The van der Waals surface area contributed by atoms with Crippen LogP contribution in [0.2, 0.25) is 0 Å². The van der Waals surface area contributed by atoms with Crippen LogP contribution in [0.1, 0.15) is 61.0 Å². The molecule has 184 valence electrons. The molecule has 0 amide bonds. The summed E-state index contributed by atoms with van der Waals surface area (Å²) in [4.78, 5) is 24.7. The number of esters is 1. The van der Waals surface area contributed by atoms with Gasteiger partial charge in [-0.3, -0.25) is 4.79 Å². The van der Waals surface area contributed by atoms with Crippen LogP contribution in [0.4, 0.5) is 0 Å². The van der Waals surface area contributed by atoms with E-state index in [-0.39, 0.29) is 24.2 Å². The molecular weight excluding hydrogens is 444 g/mol. The van der Waals surface area contributed by atoms with E-state index in [0.29, 0.717) is 43.8 Å². The predicted octanol–water partition coefficient (Wildman–Crippen LogP) is 6.32. The third-order valence-corrected chi connectivity index (χ3v) is 6.87. The number of carboxylic acids is 1. The van der Waals surface area contributed by atoms with Crippen molar-refractivity contribution in [3.05, 3.63) is 71.3 Å². The zero-order valence-corrected chi connectivity index (χ0v) is 20.5. The van der Waals surface area contributed by atoms with Crippen molar-refractivity contribution >= 4 is 22.7 Å². The summed E-state index contributed by atoms with van der Waals surface area (Å²) >= 11 is 0. The van der Waals surface area contributed by atoms with Crippen molar-refractivity contribution in [2.75, 3.05) is 6.61 Å². The lowest BCUT2D eigenvalue weighted by Gasteiger charge is -2.35. The summed E-state index contributed by atoms with van der Waals surface area (Å²) in [6.45, 7) is 6.29. The number of hydrogen-bond acceptors (Lipinski definition) is 5. The Morgan fingerprint density at radius 2 is 1.74 bits per heavy atom. The van der Waals surface area contributed by atoms with Gasteiger partial charge in [-0.25, -0.2) is 4.79 Å². The van der Waals surface area contributed by atoms with Crippen molar-refractivity contribution < 1.29 is 28.9 Å². The van der Waals surface area contributed by atoms with E-state index in [1.54, 1.807) is 6.07 Å². The largest absolute Gasteiger partial charge is 0.493 e. The summed E-state index contributed by atoms with van der Waals surface area (Å²) in [6, 6.07) is 17.3. The van der Waals surface area contributed by atoms with E-state index >= 15 is 0 Å². The molecule has 1 aliphatic rings. The zero-order valence-electron chi connectivity index (χ0n) is 20.5. The fraction of sp³-hybridized carbons (Fsp3) is 0.379. The highest BCUT2D eigenvalue weighted by atomic mass is 16.5. The lowest BCUT2D eigenvalue weighted by Crippen LogP contribution is -2.37. The van der Waals surface area contributed by atoms with Crippen molar-refractivity contribution in [1.82, 2.24) is 0 Å². The van der Waals surface area contributed by atoms with Gasteiger partial charge >= 0.3 is 11.9 Å². The molecule has 3 aromatic carbocycles. The van der Waals surface area contributed by atoms with Crippen molar-refractivity contribution in [2.24, 2.45) is 5.41 Å². The van der Waals surface area contributed by atoms with E-state index in [4.69, 9.17) is 14.2 Å². The fourth-order valence-electron chi connectivity index (χ4n) is 4.70. The second-order valence-corrected chi connectivity index (χ2v) is 9.44. The number of fused-ring (bicyclic) bond motifs is 1. The molecule has 1 N–H and O–H groups in total. The number of hydrogen-bond donors (Lipinski definition) is 1. The molecule has 0 aliphatic heterocycles. The molecular formula is C29H32O6. The first kappa shape index (κ1) is 24.6. The molecule has 0 radical (unpaired) electrons. The molecule has 3 aromatic rings. The second kappa shape index (κ2) is 10.4. The molecule has 0 bridgehead atoms. The number of rotatable bonds is 8. The average molecular weight is 477 g/mol. The maximum atomic E-state index is 13.0. The third kappa shape index (κ3) is 5.42. The summed E-state index contributed by atoms with van der Waals surface area (Å²) in [5.41, 5.74) is 1.34. The highest BCUT2D eigenvalue weighted by molar-refractivity contribution is 5.91. The van der Waals surface area contributed by atoms with Gasteiger partial charge in [0.1, 0.15) is 23.7 Å². The topological polar surface area (TPSA) is 82.1 Å². The molecule has 0 atom stereocenters. The second-order valence-electron chi connectivity index (χ2n) is 9.44. The normalized spacial score (nSPS) is 19.8. The molecule has 35 heavy (non-hydrogen) atoms. The van der Waals surface area contributed by atoms with Crippen molar-refractivity contribution in [3.63, 3.8) is 0 Å². The first-order chi connectivity index (χ1) is 16.8. The molecule has 1 aliphatic carbocycles. The Kier molecular flexibility index (Phi) is 7.29. The van der Waals surface area contributed by atoms with Gasteiger partial charge in [-0.2, -0.15) is 0 Å². The molecule has 4 rings (SSSR count). The standard InChI is InChI=1S/C29H32O6/c1-4-33-26-16-19(2)25(17-24(26)27(30)31)35-22-12-14-29(3,15-13-22)28(32)34-18-21-10-7-9-20-8-5-6-11-23(20)21/h5-11,16-17,22H,4,12-15,18H2,1-3H3,(H,30,31)/t22-,29+. The minimum atomic E-state index is -1.05. The van der Waals surface area contributed by atoms with Crippen LogP contribution in [0.25, 0.3) is 10.8 Å². The van der Waals surface area contributed by atoms with Crippen LogP contribution in [-0.2, 0) is 16.1 Å². The summed E-state index contributed by atoms with van der Waals surface area (Å²) in [5.74, 6) is -0.356. The molecule has 0 unspecified atom stereocenters. The smallest absolute Gasteiger partial charge is 0.339 e. The summed E-state index contributed by atoms with van der Waals surface area (Å²) in [6.07, 6.45) is 2.58. The minimum Gasteiger partial charge on any atom is -0.493 e. The third-order valence-electron chi connectivity index (χ3n) is 6.87. The number of benzene rings is 3. The Morgan fingerprint density at radius 1 is 1.03 bits per heavy atom. The number of ether oxygens (including phenoxy) is 3. The maximum Gasteiger partial charge on any atom is 0.339 e. The first-order valence-electron chi connectivity index (χ1n) is 12.1. The van der Waals surface area contributed by atoms with Crippen LogP contribution in [0, 0.1) is 12.3 Å². The number of aromatic carboxylic acids is 1. The predicted molar refractivity (Wildman–Crippen MR) is 134 cm³/mol. The van der Waals surface area contributed by atoms with Gasteiger partial charge < -0.3 is 19.3 Å². The summed E-state index contributed by atoms with van der Waals surface area (Å²) in [7, 11) is 0. The number of carbonyl (C=O) groups is 2. The molecule has 0 spiro atoms. The summed E-state index contributed by atoms with van der Waals surface area (Å²) in [5, 5.41) is 11.8. The minimum absolute atomic E-state index is 0.0881. The Bertz CT molecular complexity index is 1220. The summed E-state index contributed by atoms with van der Waals surface area (Å²) < 4.78 is 17.4. The first-order valence-corrected chi connectivity index (χ1v) is 12.1. The molecule has 6 nitrogen and oxygen atoms in total. The molecule has 0 heterocycles. The number of aryl methyl sites for hydroxylation is 1. The zero-order chi connectivity index (χ0) is 25.0. The highest BCUT2D eigenvalue weighted by Crippen LogP contribution is 2.40. The van der Waals surface area contributed by atoms with Crippen LogP contribution >= 0.6 is 0 Å². The van der Waals surface area contributed by atoms with Crippen LogP contribution in [0.3, 0.4) is 0 Å². The Balaban J connectivity index is 1.37. The molecule has 6 heteroatoms. The highest BCUT2D eigenvalue weighted by Gasteiger charge is 2.39. The van der Waals surface area contributed by atoms with E-state index in [1.165, 1.54) is 6.07 Å². The lowest BCUT2D eigenvalue weighted by molar-refractivity contribution is -0.159. The molecule has 0 aromatic heterocycles. The van der Waals surface area contributed by atoms with Crippen molar-refractivity contribution in [3.8, 4) is 11.5 Å². The van der Waals surface area contributed by atoms with Gasteiger partial charge in [0.25, 0.3) is 0 Å². The quantitative estimate of drug-likeness (QED) is 0.383. The monoisotopic (exact) mass is 476 g/mol. The molecule has 1 fully saturated rings. The number of carboxylic acid groups (broad SMARTS) is 1. The Morgan fingerprint density at radius 3 is 2.46 bits per heavy atom. The molecule has 0 saturated heterocycles. The van der Waals surface area contributed by atoms with E-state index < -0.39 is 11.4 Å². The van der Waals surface area contributed by atoms with Crippen LogP contribution < -0.4 is 9.47 Å². The lowest BCUT2D eigenvalue weighted by atomic mass is 9.74. The van der Waals surface area contributed by atoms with Gasteiger partial charge in [-0.1, -0.05) is 42.5 Å². The van der Waals surface area contributed by atoms with Gasteiger partial charge in [0, 0.05) is 0 Å². The van der Waals surface area contributed by atoms with Gasteiger partial charge in [0.15, 0.2) is 0 Å². The van der Waals surface area contributed by atoms with Crippen LogP contribution in [-0.4, -0.2) is 29.8 Å². The van der Waals surface area contributed by atoms with Crippen LogP contribution in [0.5, 0.6) is 11.5 Å². The van der Waals surface area contributed by atoms with Gasteiger partial charge in [-0.15, -0.1) is 0 Å². The Labute approximate surface area is 205 Å².